The highest BCUT2D eigenvalue weighted by molar-refractivity contribution is 7.92. The minimum Gasteiger partial charge on any atom is -0.315 e. The summed E-state index contributed by atoms with van der Waals surface area (Å²) in [6.45, 7) is 3.53. The molecule has 4 heteroatoms. The summed E-state index contributed by atoms with van der Waals surface area (Å²) in [5.41, 5.74) is 0. The predicted octanol–water partition coefficient (Wildman–Crippen LogP) is 0.563. The normalized spacial score (nSPS) is 24.6. The second-order valence-corrected chi connectivity index (χ2v) is 5.74. The van der Waals surface area contributed by atoms with Crippen molar-refractivity contribution in [3.63, 3.8) is 0 Å². The molecule has 0 saturated carbocycles. The minimum atomic E-state index is -2.78. The summed E-state index contributed by atoms with van der Waals surface area (Å²) in [5.74, 6) is 0.371. The molecule has 1 aliphatic rings. The van der Waals surface area contributed by atoms with Gasteiger partial charge in [-0.25, -0.2) is 8.42 Å². The van der Waals surface area contributed by atoms with Gasteiger partial charge in [0, 0.05) is 6.54 Å². The lowest BCUT2D eigenvalue weighted by atomic mass is 10.4. The molecular weight excluding hydrogens is 174 g/mol. The first-order valence-electron chi connectivity index (χ1n) is 4.59. The molecular formula is C8H17NO2S. The first-order chi connectivity index (χ1) is 5.67. The summed E-state index contributed by atoms with van der Waals surface area (Å²) in [6.07, 6.45) is 2.56. The Hall–Kier alpha value is -0.0900. The smallest absolute Gasteiger partial charge is 0.154 e. The van der Waals surface area contributed by atoms with Crippen LogP contribution in [0.5, 0.6) is 0 Å². The van der Waals surface area contributed by atoms with Crippen molar-refractivity contribution in [3.8, 4) is 0 Å². The number of hydrogen-bond donors (Lipinski definition) is 1. The van der Waals surface area contributed by atoms with Crippen LogP contribution in [0.25, 0.3) is 0 Å². The van der Waals surface area contributed by atoms with E-state index in [2.05, 4.69) is 5.32 Å². The Morgan fingerprint density at radius 3 is 2.75 bits per heavy atom. The second-order valence-electron chi connectivity index (χ2n) is 3.34. The molecule has 1 rings (SSSR count). The standard InChI is InChI=1S/C8H17NO2S/c1-2-3-6-12(10,11)8-4-5-9-7-8/h8-9H,2-7H2,1H3. The predicted molar refractivity (Wildman–Crippen MR) is 50.0 cm³/mol. The third-order valence-electron chi connectivity index (χ3n) is 2.31. The number of unbranched alkanes of at least 4 members (excludes halogenated alkanes) is 1. The molecule has 0 aromatic rings. The van der Waals surface area contributed by atoms with Gasteiger partial charge in [0.1, 0.15) is 0 Å². The largest absolute Gasteiger partial charge is 0.315 e. The summed E-state index contributed by atoms with van der Waals surface area (Å²) in [5, 5.41) is 2.97. The molecule has 1 atom stereocenters. The average Bonchev–Trinajstić information content (AvgIpc) is 2.53. The molecule has 1 unspecified atom stereocenters. The van der Waals surface area contributed by atoms with Gasteiger partial charge in [0.25, 0.3) is 0 Å². The van der Waals surface area contributed by atoms with Crippen molar-refractivity contribution in [3.05, 3.63) is 0 Å². The molecule has 12 heavy (non-hydrogen) atoms. The van der Waals surface area contributed by atoms with Crippen LogP contribution in [0.15, 0.2) is 0 Å². The Morgan fingerprint density at radius 1 is 1.50 bits per heavy atom. The van der Waals surface area contributed by atoms with E-state index in [-0.39, 0.29) is 5.25 Å². The van der Waals surface area contributed by atoms with Crippen molar-refractivity contribution in [2.75, 3.05) is 18.8 Å². The average molecular weight is 191 g/mol. The van der Waals surface area contributed by atoms with E-state index in [1.807, 2.05) is 6.92 Å². The number of rotatable bonds is 4. The highest BCUT2D eigenvalue weighted by Gasteiger charge is 2.27. The van der Waals surface area contributed by atoms with E-state index in [0.717, 1.165) is 25.8 Å². The van der Waals surface area contributed by atoms with Gasteiger partial charge in [-0.15, -0.1) is 0 Å². The van der Waals surface area contributed by atoms with Gasteiger partial charge in [0.2, 0.25) is 0 Å². The Labute approximate surface area is 74.5 Å². The van der Waals surface area contributed by atoms with Gasteiger partial charge in [0.15, 0.2) is 9.84 Å². The van der Waals surface area contributed by atoms with Gasteiger partial charge >= 0.3 is 0 Å². The molecule has 0 bridgehead atoms. The zero-order valence-electron chi connectivity index (χ0n) is 7.54. The Balaban J connectivity index is 2.46. The highest BCUT2D eigenvalue weighted by Crippen LogP contribution is 2.12. The number of sulfone groups is 1. The Kier molecular flexibility index (Phi) is 3.53. The Bertz CT molecular complexity index is 217. The molecule has 72 valence electrons. The van der Waals surface area contributed by atoms with E-state index in [4.69, 9.17) is 0 Å². The number of nitrogens with one attached hydrogen (secondary N) is 1. The molecule has 1 saturated heterocycles. The van der Waals surface area contributed by atoms with E-state index in [0.29, 0.717) is 12.3 Å². The molecule has 0 aromatic heterocycles. The van der Waals surface area contributed by atoms with E-state index < -0.39 is 9.84 Å². The van der Waals surface area contributed by atoms with Gasteiger partial charge < -0.3 is 5.32 Å². The van der Waals surface area contributed by atoms with Crippen molar-refractivity contribution < 1.29 is 8.42 Å². The first kappa shape index (κ1) is 9.99. The van der Waals surface area contributed by atoms with Crippen LogP contribution in [0, 0.1) is 0 Å². The molecule has 0 aliphatic carbocycles. The van der Waals surface area contributed by atoms with Crippen molar-refractivity contribution in [1.29, 1.82) is 0 Å². The molecule has 0 amide bonds. The van der Waals surface area contributed by atoms with Crippen LogP contribution in [0.4, 0.5) is 0 Å². The van der Waals surface area contributed by atoms with Crippen LogP contribution in [0.1, 0.15) is 26.2 Å². The van der Waals surface area contributed by atoms with Crippen LogP contribution < -0.4 is 5.32 Å². The molecule has 1 fully saturated rings. The van der Waals surface area contributed by atoms with Gasteiger partial charge in [0.05, 0.1) is 11.0 Å². The fourth-order valence-electron chi connectivity index (χ4n) is 1.45. The fraction of sp³-hybridized carbons (Fsp3) is 1.00. The lowest BCUT2D eigenvalue weighted by Gasteiger charge is -2.08. The molecule has 0 aromatic carbocycles. The fourth-order valence-corrected chi connectivity index (χ4v) is 3.32. The maximum absolute atomic E-state index is 11.6. The van der Waals surface area contributed by atoms with E-state index in [1.165, 1.54) is 0 Å². The van der Waals surface area contributed by atoms with Crippen LogP contribution in [-0.2, 0) is 9.84 Å². The summed E-state index contributed by atoms with van der Waals surface area (Å²) in [6, 6.07) is 0. The van der Waals surface area contributed by atoms with Gasteiger partial charge in [-0.2, -0.15) is 0 Å². The summed E-state index contributed by atoms with van der Waals surface area (Å²) in [4.78, 5) is 0. The summed E-state index contributed by atoms with van der Waals surface area (Å²) < 4.78 is 23.1. The van der Waals surface area contributed by atoms with Gasteiger partial charge in [-0.05, 0) is 19.4 Å². The molecule has 3 nitrogen and oxygen atoms in total. The molecule has 1 aliphatic heterocycles. The van der Waals surface area contributed by atoms with Crippen molar-refractivity contribution >= 4 is 9.84 Å². The van der Waals surface area contributed by atoms with Crippen LogP contribution in [-0.4, -0.2) is 32.5 Å². The molecule has 0 spiro atoms. The molecule has 1 N–H and O–H groups in total. The monoisotopic (exact) mass is 191 g/mol. The third-order valence-corrected chi connectivity index (χ3v) is 4.58. The zero-order valence-corrected chi connectivity index (χ0v) is 8.36. The number of hydrogen-bond acceptors (Lipinski definition) is 3. The van der Waals surface area contributed by atoms with E-state index in [1.54, 1.807) is 0 Å². The quantitative estimate of drug-likeness (QED) is 0.706. The Morgan fingerprint density at radius 2 is 2.25 bits per heavy atom. The van der Waals surface area contributed by atoms with Crippen LogP contribution >= 0.6 is 0 Å². The molecule has 1 heterocycles. The lowest BCUT2D eigenvalue weighted by molar-refractivity contribution is 0.579. The van der Waals surface area contributed by atoms with Gasteiger partial charge in [-0.3, -0.25) is 0 Å². The second kappa shape index (κ2) is 4.23. The van der Waals surface area contributed by atoms with Crippen LogP contribution in [0.2, 0.25) is 0 Å². The van der Waals surface area contributed by atoms with Crippen molar-refractivity contribution in [2.45, 2.75) is 31.4 Å². The minimum absolute atomic E-state index is 0.107. The maximum atomic E-state index is 11.6. The summed E-state index contributed by atoms with van der Waals surface area (Å²) in [7, 11) is -2.78. The van der Waals surface area contributed by atoms with Gasteiger partial charge in [-0.1, -0.05) is 13.3 Å². The lowest BCUT2D eigenvalue weighted by Crippen LogP contribution is -2.26. The zero-order chi connectivity index (χ0) is 9.03. The molecule has 0 radical (unpaired) electrons. The SMILES string of the molecule is CCCCS(=O)(=O)C1CCNC1. The van der Waals surface area contributed by atoms with Crippen LogP contribution in [0.3, 0.4) is 0 Å². The van der Waals surface area contributed by atoms with Crippen molar-refractivity contribution in [1.82, 2.24) is 5.32 Å². The topological polar surface area (TPSA) is 46.2 Å². The maximum Gasteiger partial charge on any atom is 0.154 e. The van der Waals surface area contributed by atoms with E-state index in [9.17, 15) is 8.42 Å². The third kappa shape index (κ3) is 2.45. The summed E-state index contributed by atoms with van der Waals surface area (Å²) >= 11 is 0. The first-order valence-corrected chi connectivity index (χ1v) is 6.30. The highest BCUT2D eigenvalue weighted by atomic mass is 32.2. The van der Waals surface area contributed by atoms with Crippen molar-refractivity contribution in [2.24, 2.45) is 0 Å². The van der Waals surface area contributed by atoms with E-state index >= 15 is 0 Å².